The number of aromatic nitrogens is 1. The maximum atomic E-state index is 12.0. The van der Waals surface area contributed by atoms with E-state index in [2.05, 4.69) is 10.3 Å². The predicted molar refractivity (Wildman–Crippen MR) is 92.8 cm³/mol. The Morgan fingerprint density at radius 3 is 2.56 bits per heavy atom. The van der Waals surface area contributed by atoms with Crippen molar-refractivity contribution in [1.29, 1.82) is 0 Å². The van der Waals surface area contributed by atoms with Gasteiger partial charge in [0, 0.05) is 11.6 Å². The number of carbonyl (C=O) groups excluding carboxylic acids is 1. The number of nitrogens with one attached hydrogen (secondary N) is 1. The molecule has 1 N–H and O–H groups in total. The molecule has 1 aromatic heterocycles. The van der Waals surface area contributed by atoms with Gasteiger partial charge in [0.1, 0.15) is 12.0 Å². The molecule has 0 fully saturated rings. The third-order valence-corrected chi connectivity index (χ3v) is 3.37. The average Bonchev–Trinajstić information content (AvgIpc) is 2.59. The second-order valence-electron chi connectivity index (χ2n) is 5.05. The summed E-state index contributed by atoms with van der Waals surface area (Å²) in [6.07, 6.45) is 4.05. The summed E-state index contributed by atoms with van der Waals surface area (Å²) in [4.78, 5) is 26.1. The minimum Gasteiger partial charge on any atom is -0.493 e. The van der Waals surface area contributed by atoms with Gasteiger partial charge >= 0.3 is 0 Å². The maximum Gasteiger partial charge on any atom is 0.290 e. The van der Waals surface area contributed by atoms with E-state index in [1.807, 2.05) is 0 Å². The number of amides is 1. The van der Waals surface area contributed by atoms with Gasteiger partial charge in [-0.3, -0.25) is 14.9 Å². The largest absolute Gasteiger partial charge is 0.493 e. The van der Waals surface area contributed by atoms with Crippen molar-refractivity contribution >= 4 is 23.5 Å². The standard InChI is InChI=1S/C17H17N3O5/c1-11-8-16(18-10-13(11)20(22)23)19-17(21)7-5-12-4-6-14(24-2)15(9-12)25-3/h4-10H,1-3H3,(H,18,19,21)/b7-5+. The van der Waals surface area contributed by atoms with Gasteiger partial charge < -0.3 is 14.8 Å². The van der Waals surface area contributed by atoms with Gasteiger partial charge in [0.25, 0.3) is 5.69 Å². The Hall–Kier alpha value is -3.42. The summed E-state index contributed by atoms with van der Waals surface area (Å²) in [7, 11) is 3.07. The van der Waals surface area contributed by atoms with Crippen molar-refractivity contribution in [2.24, 2.45) is 0 Å². The number of nitro groups is 1. The molecule has 0 spiro atoms. The molecule has 1 amide bonds. The zero-order chi connectivity index (χ0) is 18.4. The molecule has 0 bridgehead atoms. The van der Waals surface area contributed by atoms with Gasteiger partial charge in [0.15, 0.2) is 11.5 Å². The topological polar surface area (TPSA) is 104 Å². The molecule has 25 heavy (non-hydrogen) atoms. The molecule has 2 rings (SSSR count). The maximum absolute atomic E-state index is 12.0. The number of benzene rings is 1. The molecule has 0 saturated carbocycles. The van der Waals surface area contributed by atoms with Crippen LogP contribution in [-0.4, -0.2) is 30.0 Å². The fraction of sp³-hybridized carbons (Fsp3) is 0.176. The molecule has 0 aliphatic heterocycles. The summed E-state index contributed by atoms with van der Waals surface area (Å²) in [5, 5.41) is 13.3. The zero-order valence-electron chi connectivity index (χ0n) is 14.0. The molecule has 0 atom stereocenters. The summed E-state index contributed by atoms with van der Waals surface area (Å²) in [6.45, 7) is 1.58. The Bertz CT molecular complexity index is 833. The van der Waals surface area contributed by atoms with E-state index in [0.717, 1.165) is 11.8 Å². The van der Waals surface area contributed by atoms with Gasteiger partial charge in [-0.1, -0.05) is 6.07 Å². The molecule has 0 radical (unpaired) electrons. The van der Waals surface area contributed by atoms with E-state index in [4.69, 9.17) is 9.47 Å². The molecule has 0 aliphatic carbocycles. The van der Waals surface area contributed by atoms with Crippen LogP contribution in [0.15, 0.2) is 36.5 Å². The molecule has 0 saturated heterocycles. The van der Waals surface area contributed by atoms with Crippen LogP contribution in [0.1, 0.15) is 11.1 Å². The number of carbonyl (C=O) groups is 1. The fourth-order valence-corrected chi connectivity index (χ4v) is 2.10. The van der Waals surface area contributed by atoms with Crippen molar-refractivity contribution < 1.29 is 19.2 Å². The number of rotatable bonds is 6. The molecular weight excluding hydrogens is 326 g/mol. The first-order chi connectivity index (χ1) is 11.9. The van der Waals surface area contributed by atoms with Crippen LogP contribution >= 0.6 is 0 Å². The minimum absolute atomic E-state index is 0.0983. The van der Waals surface area contributed by atoms with E-state index in [0.29, 0.717) is 17.1 Å². The lowest BCUT2D eigenvalue weighted by molar-refractivity contribution is -0.385. The number of ether oxygens (including phenoxy) is 2. The van der Waals surface area contributed by atoms with Gasteiger partial charge in [-0.05, 0) is 36.8 Å². The molecular formula is C17H17N3O5. The predicted octanol–water partition coefficient (Wildman–Crippen LogP) is 2.97. The highest BCUT2D eigenvalue weighted by Gasteiger charge is 2.12. The number of anilines is 1. The molecule has 1 aromatic carbocycles. The first-order valence-electron chi connectivity index (χ1n) is 7.26. The van der Waals surface area contributed by atoms with Crippen molar-refractivity contribution in [2.45, 2.75) is 6.92 Å². The van der Waals surface area contributed by atoms with Crippen molar-refractivity contribution in [3.8, 4) is 11.5 Å². The Morgan fingerprint density at radius 1 is 1.24 bits per heavy atom. The number of pyridine rings is 1. The van der Waals surface area contributed by atoms with Crippen LogP contribution in [-0.2, 0) is 4.79 Å². The number of aryl methyl sites for hydroxylation is 1. The van der Waals surface area contributed by atoms with Gasteiger partial charge in [0.2, 0.25) is 5.91 Å². The molecule has 0 aliphatic rings. The van der Waals surface area contributed by atoms with Crippen LogP contribution in [0.25, 0.3) is 6.08 Å². The SMILES string of the molecule is COc1ccc(/C=C/C(=O)Nc2cc(C)c([N+](=O)[O-])cn2)cc1OC. The lowest BCUT2D eigenvalue weighted by Crippen LogP contribution is -2.09. The second kappa shape index (κ2) is 7.91. The fourth-order valence-electron chi connectivity index (χ4n) is 2.10. The summed E-state index contributed by atoms with van der Waals surface area (Å²) >= 11 is 0. The van der Waals surface area contributed by atoms with Crippen molar-refractivity contribution in [1.82, 2.24) is 4.98 Å². The first-order valence-corrected chi connectivity index (χ1v) is 7.26. The Balaban J connectivity index is 2.08. The van der Waals surface area contributed by atoms with Gasteiger partial charge in [-0.25, -0.2) is 4.98 Å². The van der Waals surface area contributed by atoms with E-state index in [9.17, 15) is 14.9 Å². The van der Waals surface area contributed by atoms with Crippen LogP contribution in [0.5, 0.6) is 11.5 Å². The van der Waals surface area contributed by atoms with Gasteiger partial charge in [0.05, 0.1) is 19.1 Å². The smallest absolute Gasteiger partial charge is 0.290 e. The average molecular weight is 343 g/mol. The van der Waals surface area contributed by atoms with Crippen LogP contribution in [0.3, 0.4) is 0 Å². The summed E-state index contributed by atoms with van der Waals surface area (Å²) in [5.41, 5.74) is 1.07. The second-order valence-corrected chi connectivity index (χ2v) is 5.05. The highest BCUT2D eigenvalue weighted by molar-refractivity contribution is 6.01. The quantitative estimate of drug-likeness (QED) is 0.491. The number of nitrogens with zero attached hydrogens (tertiary/aromatic N) is 2. The van der Waals surface area contributed by atoms with E-state index in [1.165, 1.54) is 19.3 Å². The lowest BCUT2D eigenvalue weighted by atomic mass is 10.2. The van der Waals surface area contributed by atoms with Crippen LogP contribution in [0, 0.1) is 17.0 Å². The number of methoxy groups -OCH3 is 2. The first kappa shape index (κ1) is 17.9. The summed E-state index contributed by atoms with van der Waals surface area (Å²) in [6, 6.07) is 6.69. The van der Waals surface area contributed by atoms with E-state index < -0.39 is 10.8 Å². The summed E-state index contributed by atoms with van der Waals surface area (Å²) < 4.78 is 10.3. The normalized spacial score (nSPS) is 10.5. The lowest BCUT2D eigenvalue weighted by Gasteiger charge is -2.07. The van der Waals surface area contributed by atoms with Crippen LogP contribution in [0.2, 0.25) is 0 Å². The van der Waals surface area contributed by atoms with Crippen molar-refractivity contribution in [3.05, 3.63) is 57.8 Å². The van der Waals surface area contributed by atoms with Crippen molar-refractivity contribution in [3.63, 3.8) is 0 Å². The Labute approximate surface area is 144 Å². The van der Waals surface area contributed by atoms with E-state index >= 15 is 0 Å². The molecule has 0 unspecified atom stereocenters. The van der Waals surface area contributed by atoms with Crippen LogP contribution in [0.4, 0.5) is 11.5 Å². The van der Waals surface area contributed by atoms with E-state index in [-0.39, 0.29) is 11.5 Å². The van der Waals surface area contributed by atoms with Gasteiger partial charge in [-0.15, -0.1) is 0 Å². The third-order valence-electron chi connectivity index (χ3n) is 3.37. The molecule has 8 nitrogen and oxygen atoms in total. The Morgan fingerprint density at radius 2 is 1.96 bits per heavy atom. The van der Waals surface area contributed by atoms with Gasteiger partial charge in [-0.2, -0.15) is 0 Å². The highest BCUT2D eigenvalue weighted by atomic mass is 16.6. The number of hydrogen-bond acceptors (Lipinski definition) is 6. The molecule has 1 heterocycles. The Kier molecular flexibility index (Phi) is 5.67. The zero-order valence-corrected chi connectivity index (χ0v) is 14.0. The minimum atomic E-state index is -0.523. The van der Waals surface area contributed by atoms with Crippen molar-refractivity contribution in [2.75, 3.05) is 19.5 Å². The summed E-state index contributed by atoms with van der Waals surface area (Å²) in [5.74, 6) is 0.980. The monoisotopic (exact) mass is 343 g/mol. The highest BCUT2D eigenvalue weighted by Crippen LogP contribution is 2.28. The molecule has 2 aromatic rings. The van der Waals surface area contributed by atoms with E-state index in [1.54, 1.807) is 38.3 Å². The third kappa shape index (κ3) is 4.54. The molecule has 130 valence electrons. The molecule has 8 heteroatoms. The number of hydrogen-bond donors (Lipinski definition) is 1. The van der Waals surface area contributed by atoms with Crippen LogP contribution < -0.4 is 14.8 Å².